The summed E-state index contributed by atoms with van der Waals surface area (Å²) >= 11 is 5.83. The lowest BCUT2D eigenvalue weighted by Crippen LogP contribution is -1.88. The molecule has 0 aliphatic carbocycles. The Morgan fingerprint density at radius 1 is 1.00 bits per heavy atom. The van der Waals surface area contributed by atoms with Gasteiger partial charge in [-0.3, -0.25) is 0 Å². The normalized spacial score (nSPS) is 10.6. The zero-order chi connectivity index (χ0) is 13.2. The van der Waals surface area contributed by atoms with E-state index in [1.165, 1.54) is 0 Å². The molecular weight excluding hydrogens is 264 g/mol. The van der Waals surface area contributed by atoms with Gasteiger partial charge in [0.1, 0.15) is 5.82 Å². The van der Waals surface area contributed by atoms with E-state index in [9.17, 15) is 0 Å². The van der Waals surface area contributed by atoms with Crippen molar-refractivity contribution in [1.82, 2.24) is 20.1 Å². The van der Waals surface area contributed by atoms with Crippen molar-refractivity contribution in [1.29, 1.82) is 0 Å². The van der Waals surface area contributed by atoms with Crippen LogP contribution < -0.4 is 0 Å². The van der Waals surface area contributed by atoms with Crippen molar-refractivity contribution in [2.24, 2.45) is 0 Å². The lowest BCUT2D eigenvalue weighted by atomic mass is 10.2. The summed E-state index contributed by atoms with van der Waals surface area (Å²) in [6.07, 6.45) is 3.33. The number of aryl methyl sites for hydroxylation is 1. The van der Waals surface area contributed by atoms with Crippen LogP contribution in [0, 0.1) is 6.92 Å². The van der Waals surface area contributed by atoms with E-state index < -0.39 is 0 Å². The van der Waals surface area contributed by atoms with Crippen molar-refractivity contribution in [3.8, 4) is 22.8 Å². The molecule has 2 aromatic heterocycles. The summed E-state index contributed by atoms with van der Waals surface area (Å²) in [4.78, 5) is 12.5. The van der Waals surface area contributed by atoms with Crippen LogP contribution in [-0.4, -0.2) is 20.1 Å². The number of nitrogens with zero attached hydrogens (tertiary/aromatic N) is 4. The Morgan fingerprint density at radius 3 is 2.37 bits per heavy atom. The highest BCUT2D eigenvalue weighted by Crippen LogP contribution is 2.22. The van der Waals surface area contributed by atoms with Crippen LogP contribution in [0.15, 0.2) is 41.2 Å². The first-order valence-corrected chi connectivity index (χ1v) is 5.99. The minimum absolute atomic E-state index is 0.437. The summed E-state index contributed by atoms with van der Waals surface area (Å²) in [6, 6.07) is 7.20. The van der Waals surface area contributed by atoms with Crippen molar-refractivity contribution in [3.05, 3.63) is 47.5 Å². The van der Waals surface area contributed by atoms with E-state index in [2.05, 4.69) is 20.1 Å². The fourth-order valence-corrected chi connectivity index (χ4v) is 1.68. The molecule has 94 valence electrons. The molecule has 0 fully saturated rings. The molecular formula is C13H9ClN4O. The van der Waals surface area contributed by atoms with Gasteiger partial charge < -0.3 is 4.52 Å². The molecule has 0 bridgehead atoms. The van der Waals surface area contributed by atoms with Crippen molar-refractivity contribution in [2.75, 3.05) is 0 Å². The second-order valence-corrected chi connectivity index (χ2v) is 4.39. The maximum absolute atomic E-state index is 5.83. The largest absolute Gasteiger partial charge is 0.334 e. The third-order valence-corrected chi connectivity index (χ3v) is 2.81. The van der Waals surface area contributed by atoms with Crippen LogP contribution in [0.5, 0.6) is 0 Å². The molecule has 0 unspecified atom stereocenters. The van der Waals surface area contributed by atoms with Crippen LogP contribution in [0.4, 0.5) is 0 Å². The fraction of sp³-hybridized carbons (Fsp3) is 0.0769. The molecule has 0 atom stereocenters. The highest BCUT2D eigenvalue weighted by molar-refractivity contribution is 6.30. The van der Waals surface area contributed by atoms with Gasteiger partial charge in [-0.15, -0.1) is 0 Å². The molecule has 19 heavy (non-hydrogen) atoms. The van der Waals surface area contributed by atoms with Gasteiger partial charge in [0.05, 0.1) is 5.56 Å². The van der Waals surface area contributed by atoms with E-state index in [4.69, 9.17) is 16.1 Å². The molecule has 0 aliphatic rings. The van der Waals surface area contributed by atoms with E-state index in [0.717, 1.165) is 11.1 Å². The quantitative estimate of drug-likeness (QED) is 0.717. The fourth-order valence-electron chi connectivity index (χ4n) is 1.56. The molecule has 1 aromatic carbocycles. The summed E-state index contributed by atoms with van der Waals surface area (Å²) in [7, 11) is 0. The molecule has 3 aromatic rings. The minimum atomic E-state index is 0.437. The predicted molar refractivity (Wildman–Crippen MR) is 70.5 cm³/mol. The molecule has 0 radical (unpaired) electrons. The number of benzene rings is 1. The Hall–Kier alpha value is -2.27. The molecule has 0 amide bonds. The van der Waals surface area contributed by atoms with Crippen LogP contribution in [0.25, 0.3) is 22.8 Å². The third-order valence-electron chi connectivity index (χ3n) is 2.56. The first kappa shape index (κ1) is 11.8. The molecule has 0 saturated heterocycles. The minimum Gasteiger partial charge on any atom is -0.334 e. The van der Waals surface area contributed by atoms with Gasteiger partial charge in [-0.1, -0.05) is 16.8 Å². The van der Waals surface area contributed by atoms with Crippen molar-refractivity contribution < 1.29 is 4.52 Å². The lowest BCUT2D eigenvalue weighted by Gasteiger charge is -1.94. The highest BCUT2D eigenvalue weighted by Gasteiger charge is 2.10. The van der Waals surface area contributed by atoms with E-state index in [1.54, 1.807) is 24.5 Å². The number of aromatic nitrogens is 4. The van der Waals surface area contributed by atoms with Crippen LogP contribution >= 0.6 is 11.6 Å². The third kappa shape index (κ3) is 2.46. The van der Waals surface area contributed by atoms with Crippen molar-refractivity contribution in [2.45, 2.75) is 6.92 Å². The van der Waals surface area contributed by atoms with Gasteiger partial charge in [-0.05, 0) is 31.2 Å². The monoisotopic (exact) mass is 272 g/mol. The highest BCUT2D eigenvalue weighted by atomic mass is 35.5. The number of halogens is 1. The van der Waals surface area contributed by atoms with Gasteiger partial charge in [0.2, 0.25) is 5.82 Å². The Kier molecular flexibility index (Phi) is 2.97. The summed E-state index contributed by atoms with van der Waals surface area (Å²) in [5, 5.41) is 4.58. The molecule has 2 heterocycles. The Bertz CT molecular complexity index is 631. The van der Waals surface area contributed by atoms with E-state index in [0.29, 0.717) is 22.6 Å². The van der Waals surface area contributed by atoms with Gasteiger partial charge in [0, 0.05) is 23.0 Å². The molecule has 5 nitrogen and oxygen atoms in total. The molecule has 3 rings (SSSR count). The van der Waals surface area contributed by atoms with E-state index in [-0.39, 0.29) is 0 Å². The molecule has 0 N–H and O–H groups in total. The van der Waals surface area contributed by atoms with Crippen LogP contribution in [0.1, 0.15) is 5.82 Å². The number of rotatable bonds is 2. The first-order chi connectivity index (χ1) is 9.22. The molecule has 6 heteroatoms. The second-order valence-electron chi connectivity index (χ2n) is 3.95. The van der Waals surface area contributed by atoms with Crippen LogP contribution in [-0.2, 0) is 0 Å². The summed E-state index contributed by atoms with van der Waals surface area (Å²) in [5.74, 6) is 1.60. The number of hydrogen-bond donors (Lipinski definition) is 0. The first-order valence-electron chi connectivity index (χ1n) is 5.61. The predicted octanol–water partition coefficient (Wildman–Crippen LogP) is 3.16. The summed E-state index contributed by atoms with van der Waals surface area (Å²) < 4.78 is 5.22. The average Bonchev–Trinajstić information content (AvgIpc) is 2.90. The van der Waals surface area contributed by atoms with Gasteiger partial charge in [-0.25, -0.2) is 9.97 Å². The lowest BCUT2D eigenvalue weighted by molar-refractivity contribution is 0.432. The van der Waals surface area contributed by atoms with Crippen LogP contribution in [0.2, 0.25) is 5.02 Å². The van der Waals surface area contributed by atoms with Gasteiger partial charge in [-0.2, -0.15) is 4.98 Å². The van der Waals surface area contributed by atoms with Gasteiger partial charge in [0.25, 0.3) is 5.89 Å². The summed E-state index contributed by atoms with van der Waals surface area (Å²) in [5.41, 5.74) is 1.53. The van der Waals surface area contributed by atoms with Crippen molar-refractivity contribution in [3.63, 3.8) is 0 Å². The van der Waals surface area contributed by atoms with E-state index in [1.807, 2.05) is 19.1 Å². The SMILES string of the molecule is Cc1ncc(-c2noc(-c3ccc(Cl)cc3)n2)cn1. The second kappa shape index (κ2) is 4.78. The van der Waals surface area contributed by atoms with Gasteiger partial charge >= 0.3 is 0 Å². The standard InChI is InChI=1S/C13H9ClN4O/c1-8-15-6-10(7-16-8)12-17-13(19-18-12)9-2-4-11(14)5-3-9/h2-7H,1H3. The van der Waals surface area contributed by atoms with Crippen molar-refractivity contribution >= 4 is 11.6 Å². The van der Waals surface area contributed by atoms with Gasteiger partial charge in [0.15, 0.2) is 0 Å². The maximum Gasteiger partial charge on any atom is 0.258 e. The zero-order valence-electron chi connectivity index (χ0n) is 10.0. The van der Waals surface area contributed by atoms with Crippen LogP contribution in [0.3, 0.4) is 0 Å². The zero-order valence-corrected chi connectivity index (χ0v) is 10.8. The maximum atomic E-state index is 5.83. The molecule has 0 aliphatic heterocycles. The summed E-state index contributed by atoms with van der Waals surface area (Å²) in [6.45, 7) is 1.82. The Morgan fingerprint density at radius 2 is 1.68 bits per heavy atom. The molecule has 0 saturated carbocycles. The van der Waals surface area contributed by atoms with E-state index >= 15 is 0 Å². The number of hydrogen-bond acceptors (Lipinski definition) is 5. The Labute approximate surface area is 114 Å². The molecule has 0 spiro atoms. The smallest absolute Gasteiger partial charge is 0.258 e. The Balaban J connectivity index is 1.95. The topological polar surface area (TPSA) is 64.7 Å². The average molecular weight is 273 g/mol.